The van der Waals surface area contributed by atoms with Crippen molar-refractivity contribution >= 4 is 40.7 Å². The topological polar surface area (TPSA) is 163 Å². The number of nitro groups is 1. The van der Waals surface area contributed by atoms with E-state index in [1.165, 1.54) is 12.1 Å². The number of carbonyl (C=O) groups is 4. The van der Waals surface area contributed by atoms with Crippen LogP contribution in [0.1, 0.15) is 40.0 Å². The molecule has 3 rings (SSSR count). The first kappa shape index (κ1) is 22.1. The van der Waals surface area contributed by atoms with Gasteiger partial charge in [0.25, 0.3) is 17.5 Å². The van der Waals surface area contributed by atoms with Gasteiger partial charge in [0.15, 0.2) is 0 Å². The lowest BCUT2D eigenvalue weighted by Crippen LogP contribution is -2.31. The minimum Gasteiger partial charge on any atom is -0.326 e. The quantitative estimate of drug-likeness (QED) is 0.365. The number of imide groups is 1. The van der Waals surface area contributed by atoms with Gasteiger partial charge in [-0.1, -0.05) is 0 Å². The standard InChI is InChI=1S/C21H17N5O6/c22-10-9-19(28)24-14-5-3-13(4-6-14)23-18(27)2-1-11-25-20(29)16-8-7-15(26(31)32)12-17(16)21(25)30/h3-8,12H,1-2,9,11H2,(H,23,27)(H,24,28). The van der Waals surface area contributed by atoms with Gasteiger partial charge >= 0.3 is 0 Å². The predicted molar refractivity (Wildman–Crippen MR) is 112 cm³/mol. The van der Waals surface area contributed by atoms with Crippen molar-refractivity contribution in [3.8, 4) is 6.07 Å². The number of hydrogen-bond acceptors (Lipinski definition) is 7. The van der Waals surface area contributed by atoms with Crippen molar-refractivity contribution in [2.24, 2.45) is 0 Å². The van der Waals surface area contributed by atoms with Gasteiger partial charge < -0.3 is 10.6 Å². The lowest BCUT2D eigenvalue weighted by Gasteiger charge is -2.13. The van der Waals surface area contributed by atoms with Crippen molar-refractivity contribution in [3.05, 3.63) is 63.7 Å². The van der Waals surface area contributed by atoms with Crippen molar-refractivity contribution in [1.82, 2.24) is 4.90 Å². The smallest absolute Gasteiger partial charge is 0.270 e. The molecule has 0 fully saturated rings. The molecule has 1 aliphatic heterocycles. The highest BCUT2D eigenvalue weighted by Gasteiger charge is 2.36. The second-order valence-electron chi connectivity index (χ2n) is 6.86. The Kier molecular flexibility index (Phi) is 6.55. The van der Waals surface area contributed by atoms with Crippen molar-refractivity contribution in [1.29, 1.82) is 5.26 Å². The van der Waals surface area contributed by atoms with Gasteiger partial charge in [0.1, 0.15) is 6.42 Å². The molecule has 162 valence electrons. The van der Waals surface area contributed by atoms with Crippen LogP contribution in [0.2, 0.25) is 0 Å². The van der Waals surface area contributed by atoms with E-state index in [9.17, 15) is 29.3 Å². The molecular weight excluding hydrogens is 418 g/mol. The fourth-order valence-electron chi connectivity index (χ4n) is 3.13. The van der Waals surface area contributed by atoms with Gasteiger partial charge in [-0.05, 0) is 36.8 Å². The summed E-state index contributed by atoms with van der Waals surface area (Å²) >= 11 is 0. The molecule has 0 unspecified atom stereocenters. The Labute approximate surface area is 181 Å². The summed E-state index contributed by atoms with van der Waals surface area (Å²) in [6, 6.07) is 11.5. The lowest BCUT2D eigenvalue weighted by molar-refractivity contribution is -0.384. The molecule has 1 heterocycles. The highest BCUT2D eigenvalue weighted by atomic mass is 16.6. The fourth-order valence-corrected chi connectivity index (χ4v) is 3.13. The van der Waals surface area contributed by atoms with Gasteiger partial charge in [-0.15, -0.1) is 0 Å². The molecule has 2 aromatic carbocycles. The average Bonchev–Trinajstić information content (AvgIpc) is 2.99. The normalized spacial score (nSPS) is 12.2. The van der Waals surface area contributed by atoms with E-state index in [0.717, 1.165) is 11.0 Å². The molecule has 32 heavy (non-hydrogen) atoms. The number of nitrogens with one attached hydrogen (secondary N) is 2. The number of carbonyl (C=O) groups excluding carboxylic acids is 4. The van der Waals surface area contributed by atoms with Crippen LogP contribution in [0.15, 0.2) is 42.5 Å². The van der Waals surface area contributed by atoms with E-state index in [2.05, 4.69) is 10.6 Å². The molecule has 11 heteroatoms. The number of fused-ring (bicyclic) bond motifs is 1. The van der Waals surface area contributed by atoms with Crippen molar-refractivity contribution < 1.29 is 24.1 Å². The summed E-state index contributed by atoms with van der Waals surface area (Å²) < 4.78 is 0. The Balaban J connectivity index is 1.50. The molecule has 0 saturated heterocycles. The summed E-state index contributed by atoms with van der Waals surface area (Å²) in [5.74, 6) is -1.94. The van der Waals surface area contributed by atoms with Crippen molar-refractivity contribution in [2.45, 2.75) is 19.3 Å². The number of anilines is 2. The molecule has 2 aromatic rings. The SMILES string of the molecule is N#CCC(=O)Nc1ccc(NC(=O)CCCN2C(=O)c3ccc([N+](=O)[O-])cc3C2=O)cc1. The average molecular weight is 435 g/mol. The monoisotopic (exact) mass is 435 g/mol. The Bertz CT molecular complexity index is 1150. The van der Waals surface area contributed by atoms with Crippen molar-refractivity contribution in [2.75, 3.05) is 17.2 Å². The molecule has 0 saturated carbocycles. The van der Waals surface area contributed by atoms with Crippen LogP contribution in [0.4, 0.5) is 17.1 Å². The summed E-state index contributed by atoms with van der Waals surface area (Å²) in [5.41, 5.74) is 0.778. The van der Waals surface area contributed by atoms with Crippen LogP contribution in [0.5, 0.6) is 0 Å². The molecule has 0 bridgehead atoms. The Morgan fingerprint density at radius 2 is 1.56 bits per heavy atom. The van der Waals surface area contributed by atoms with Crippen LogP contribution in [-0.4, -0.2) is 40.0 Å². The second kappa shape index (κ2) is 9.48. The van der Waals surface area contributed by atoms with E-state index in [-0.39, 0.29) is 48.5 Å². The van der Waals surface area contributed by atoms with Crippen LogP contribution < -0.4 is 10.6 Å². The Hall–Kier alpha value is -4.59. The van der Waals surface area contributed by atoms with E-state index in [1.54, 1.807) is 30.3 Å². The maximum atomic E-state index is 12.4. The molecule has 0 aromatic heterocycles. The number of nitrogens with zero attached hydrogens (tertiary/aromatic N) is 3. The first-order valence-electron chi connectivity index (χ1n) is 9.51. The zero-order valence-electron chi connectivity index (χ0n) is 16.7. The second-order valence-corrected chi connectivity index (χ2v) is 6.86. The van der Waals surface area contributed by atoms with Gasteiger partial charge in [-0.2, -0.15) is 5.26 Å². The van der Waals surface area contributed by atoms with Crippen LogP contribution in [0.3, 0.4) is 0 Å². The van der Waals surface area contributed by atoms with Gasteiger partial charge in [0.05, 0.1) is 22.1 Å². The Morgan fingerprint density at radius 3 is 2.16 bits per heavy atom. The first-order chi connectivity index (χ1) is 15.3. The fraction of sp³-hybridized carbons (Fsp3) is 0.190. The van der Waals surface area contributed by atoms with E-state index < -0.39 is 22.6 Å². The van der Waals surface area contributed by atoms with Gasteiger partial charge in [-0.25, -0.2) is 0 Å². The van der Waals surface area contributed by atoms with E-state index in [1.807, 2.05) is 0 Å². The molecule has 4 amide bonds. The zero-order chi connectivity index (χ0) is 23.3. The minimum atomic E-state index is -0.641. The number of amides is 4. The predicted octanol–water partition coefficient (Wildman–Crippen LogP) is 2.46. The lowest BCUT2D eigenvalue weighted by atomic mass is 10.1. The third kappa shape index (κ3) is 4.93. The van der Waals surface area contributed by atoms with E-state index in [4.69, 9.17) is 5.26 Å². The summed E-state index contributed by atoms with van der Waals surface area (Å²) in [4.78, 5) is 59.6. The number of hydrogen-bond donors (Lipinski definition) is 2. The largest absolute Gasteiger partial charge is 0.326 e. The zero-order valence-corrected chi connectivity index (χ0v) is 16.7. The molecule has 0 spiro atoms. The highest BCUT2D eigenvalue weighted by Crippen LogP contribution is 2.27. The van der Waals surface area contributed by atoms with Gasteiger partial charge in [0, 0.05) is 36.5 Å². The molecule has 1 aliphatic rings. The highest BCUT2D eigenvalue weighted by molar-refractivity contribution is 6.21. The van der Waals surface area contributed by atoms with Crippen LogP contribution in [0, 0.1) is 21.4 Å². The van der Waals surface area contributed by atoms with E-state index >= 15 is 0 Å². The summed E-state index contributed by atoms with van der Waals surface area (Å²) in [7, 11) is 0. The summed E-state index contributed by atoms with van der Waals surface area (Å²) in [6.45, 7) is -0.00255. The number of nitro benzene ring substituents is 1. The molecule has 2 N–H and O–H groups in total. The molecular formula is C21H17N5O6. The van der Waals surface area contributed by atoms with Crippen LogP contribution >= 0.6 is 0 Å². The molecule has 0 aliphatic carbocycles. The third-order valence-corrected chi connectivity index (χ3v) is 4.64. The molecule has 11 nitrogen and oxygen atoms in total. The number of nitriles is 1. The van der Waals surface area contributed by atoms with Crippen LogP contribution in [-0.2, 0) is 9.59 Å². The van der Waals surface area contributed by atoms with Crippen LogP contribution in [0.25, 0.3) is 0 Å². The minimum absolute atomic E-state index is 0.00255. The van der Waals surface area contributed by atoms with Gasteiger partial charge in [0.2, 0.25) is 11.8 Å². The number of benzene rings is 2. The third-order valence-electron chi connectivity index (χ3n) is 4.64. The Morgan fingerprint density at radius 1 is 0.969 bits per heavy atom. The number of non-ortho nitro benzene ring substituents is 1. The van der Waals surface area contributed by atoms with Crippen molar-refractivity contribution in [3.63, 3.8) is 0 Å². The molecule has 0 atom stereocenters. The summed E-state index contributed by atoms with van der Waals surface area (Å²) in [5, 5.41) is 24.6. The first-order valence-corrected chi connectivity index (χ1v) is 9.51. The van der Waals surface area contributed by atoms with Gasteiger partial charge in [-0.3, -0.25) is 34.2 Å². The van der Waals surface area contributed by atoms with E-state index in [0.29, 0.717) is 11.4 Å². The summed E-state index contributed by atoms with van der Waals surface area (Å²) in [6.07, 6.45) is -0.0155. The number of rotatable bonds is 8. The maximum Gasteiger partial charge on any atom is 0.270 e. The maximum absolute atomic E-state index is 12.4. The molecule has 0 radical (unpaired) electrons.